The average molecular weight is 500 g/mol. The number of halogens is 4. The molecule has 166 valence electrons. The smallest absolute Gasteiger partial charge is 0.333 e. The van der Waals surface area contributed by atoms with Crippen LogP contribution in [0, 0.1) is 0 Å². The van der Waals surface area contributed by atoms with E-state index < -0.39 is 21.8 Å². The van der Waals surface area contributed by atoms with Crippen LogP contribution in [0.5, 0.6) is 0 Å². The SMILES string of the molecule is CN(c1ccc(Cl)cc1)S(=O)(=O)c1ccsc1-c1nc(-c2cccc(C(F)(F)F)c2)no1. The number of benzene rings is 2. The molecule has 0 saturated carbocycles. The van der Waals surface area contributed by atoms with Gasteiger partial charge in [0.2, 0.25) is 5.82 Å². The number of rotatable bonds is 5. The molecule has 4 rings (SSSR count). The third kappa shape index (κ3) is 4.23. The van der Waals surface area contributed by atoms with Gasteiger partial charge in [-0.15, -0.1) is 11.3 Å². The maximum absolute atomic E-state index is 13.2. The van der Waals surface area contributed by atoms with Crippen molar-refractivity contribution in [2.75, 3.05) is 11.4 Å². The molecule has 2 aromatic carbocycles. The van der Waals surface area contributed by atoms with Crippen LogP contribution in [0.15, 0.2) is 69.4 Å². The van der Waals surface area contributed by atoms with Crippen LogP contribution in [0.25, 0.3) is 22.2 Å². The second-order valence-corrected chi connectivity index (χ2v) is 9.85. The lowest BCUT2D eigenvalue weighted by atomic mass is 10.1. The highest BCUT2D eigenvalue weighted by Gasteiger charge is 2.31. The zero-order valence-corrected chi connectivity index (χ0v) is 18.6. The topological polar surface area (TPSA) is 76.3 Å². The Hall–Kier alpha value is -2.89. The lowest BCUT2D eigenvalue weighted by molar-refractivity contribution is -0.137. The number of sulfonamides is 1. The van der Waals surface area contributed by atoms with Crippen LogP contribution in [0.3, 0.4) is 0 Å². The molecule has 0 aliphatic heterocycles. The van der Waals surface area contributed by atoms with Gasteiger partial charge >= 0.3 is 6.18 Å². The molecule has 0 aliphatic carbocycles. The molecule has 12 heteroatoms. The van der Waals surface area contributed by atoms with Crippen LogP contribution in [0.2, 0.25) is 5.02 Å². The predicted octanol–water partition coefficient (Wildman–Crippen LogP) is 5.96. The molecule has 0 bridgehead atoms. The molecule has 0 spiro atoms. The highest BCUT2D eigenvalue weighted by molar-refractivity contribution is 7.93. The maximum atomic E-state index is 13.2. The van der Waals surface area contributed by atoms with E-state index >= 15 is 0 Å². The van der Waals surface area contributed by atoms with Gasteiger partial charge in [0.1, 0.15) is 9.77 Å². The van der Waals surface area contributed by atoms with Crippen molar-refractivity contribution >= 4 is 38.6 Å². The molecule has 0 fully saturated rings. The Morgan fingerprint density at radius 3 is 2.50 bits per heavy atom. The minimum Gasteiger partial charge on any atom is -0.333 e. The van der Waals surface area contributed by atoms with E-state index in [0.717, 1.165) is 27.8 Å². The van der Waals surface area contributed by atoms with Gasteiger partial charge in [0.15, 0.2) is 0 Å². The lowest BCUT2D eigenvalue weighted by Crippen LogP contribution is -2.26. The summed E-state index contributed by atoms with van der Waals surface area (Å²) in [6.45, 7) is 0. The average Bonchev–Trinajstić information content (AvgIpc) is 3.43. The third-order valence-electron chi connectivity index (χ3n) is 4.53. The third-order valence-corrected chi connectivity index (χ3v) is 7.64. The molecule has 2 heterocycles. The lowest BCUT2D eigenvalue weighted by Gasteiger charge is -2.19. The molecule has 0 saturated heterocycles. The van der Waals surface area contributed by atoms with Gasteiger partial charge in [-0.3, -0.25) is 4.31 Å². The van der Waals surface area contributed by atoms with Crippen LogP contribution in [0.1, 0.15) is 5.56 Å². The molecular formula is C20H13ClF3N3O3S2. The molecule has 0 N–H and O–H groups in total. The van der Waals surface area contributed by atoms with Crippen molar-refractivity contribution in [3.05, 3.63) is 70.6 Å². The number of alkyl halides is 3. The van der Waals surface area contributed by atoms with Crippen molar-refractivity contribution in [1.82, 2.24) is 10.1 Å². The quantitative estimate of drug-likeness (QED) is 0.338. The Morgan fingerprint density at radius 1 is 1.09 bits per heavy atom. The number of hydrogen-bond donors (Lipinski definition) is 0. The van der Waals surface area contributed by atoms with E-state index in [9.17, 15) is 21.6 Å². The summed E-state index contributed by atoms with van der Waals surface area (Å²) in [5, 5.41) is 5.74. The molecule has 0 radical (unpaired) electrons. The minimum absolute atomic E-state index is 0.0702. The molecule has 6 nitrogen and oxygen atoms in total. The fourth-order valence-corrected chi connectivity index (χ4v) is 5.50. The second-order valence-electron chi connectivity index (χ2n) is 6.56. The number of anilines is 1. The monoisotopic (exact) mass is 499 g/mol. The molecule has 0 atom stereocenters. The van der Waals surface area contributed by atoms with E-state index in [4.69, 9.17) is 16.1 Å². The number of hydrogen-bond acceptors (Lipinski definition) is 6. The first kappa shape index (κ1) is 22.3. The Labute approximate surface area is 189 Å². The van der Waals surface area contributed by atoms with Crippen LogP contribution in [0.4, 0.5) is 18.9 Å². The second kappa shape index (κ2) is 8.23. The van der Waals surface area contributed by atoms with E-state index in [2.05, 4.69) is 10.1 Å². The number of aromatic nitrogens is 2. The summed E-state index contributed by atoms with van der Waals surface area (Å²) >= 11 is 6.92. The van der Waals surface area contributed by atoms with Crippen LogP contribution >= 0.6 is 22.9 Å². The Kier molecular flexibility index (Phi) is 5.74. The summed E-state index contributed by atoms with van der Waals surface area (Å²) < 4.78 is 71.6. The van der Waals surface area contributed by atoms with E-state index in [0.29, 0.717) is 10.7 Å². The summed E-state index contributed by atoms with van der Waals surface area (Å²) in [5.74, 6) is -0.204. The van der Waals surface area contributed by atoms with E-state index in [-0.39, 0.29) is 27.1 Å². The molecule has 32 heavy (non-hydrogen) atoms. The molecule has 0 unspecified atom stereocenters. The fraction of sp³-hybridized carbons (Fsp3) is 0.100. The van der Waals surface area contributed by atoms with Gasteiger partial charge in [-0.05, 0) is 47.8 Å². The van der Waals surface area contributed by atoms with Gasteiger partial charge in [0.05, 0.1) is 11.3 Å². The predicted molar refractivity (Wildman–Crippen MR) is 115 cm³/mol. The highest BCUT2D eigenvalue weighted by atomic mass is 35.5. The first-order valence-electron chi connectivity index (χ1n) is 8.91. The number of thiophene rings is 1. The Bertz CT molecular complexity index is 1370. The van der Waals surface area contributed by atoms with E-state index in [1.54, 1.807) is 29.6 Å². The van der Waals surface area contributed by atoms with Gasteiger partial charge in [0, 0.05) is 17.6 Å². The van der Waals surface area contributed by atoms with Crippen LogP contribution in [-0.4, -0.2) is 25.6 Å². The molecule has 2 aromatic heterocycles. The van der Waals surface area contributed by atoms with Crippen molar-refractivity contribution in [3.8, 4) is 22.2 Å². The zero-order valence-electron chi connectivity index (χ0n) is 16.2. The maximum Gasteiger partial charge on any atom is 0.416 e. The summed E-state index contributed by atoms with van der Waals surface area (Å²) in [7, 11) is -2.61. The first-order chi connectivity index (χ1) is 15.1. The van der Waals surface area contributed by atoms with Crippen molar-refractivity contribution < 1.29 is 26.1 Å². The van der Waals surface area contributed by atoms with Gasteiger partial charge in [0.25, 0.3) is 15.9 Å². The fourth-order valence-electron chi connectivity index (χ4n) is 2.86. The van der Waals surface area contributed by atoms with Gasteiger partial charge < -0.3 is 4.52 Å². The van der Waals surface area contributed by atoms with Crippen LogP contribution in [-0.2, 0) is 16.2 Å². The van der Waals surface area contributed by atoms with Crippen LogP contribution < -0.4 is 4.31 Å². The van der Waals surface area contributed by atoms with E-state index in [1.807, 2.05) is 0 Å². The largest absolute Gasteiger partial charge is 0.416 e. The van der Waals surface area contributed by atoms with Crippen molar-refractivity contribution in [2.24, 2.45) is 0 Å². The normalized spacial score (nSPS) is 12.2. The minimum atomic E-state index is -4.52. The number of nitrogens with zero attached hydrogens (tertiary/aromatic N) is 3. The zero-order chi connectivity index (χ0) is 23.1. The molecular weight excluding hydrogens is 487 g/mol. The van der Waals surface area contributed by atoms with Crippen molar-refractivity contribution in [2.45, 2.75) is 11.1 Å². The molecule has 0 aliphatic rings. The van der Waals surface area contributed by atoms with Gasteiger partial charge in [-0.2, -0.15) is 18.2 Å². The summed E-state index contributed by atoms with van der Waals surface area (Å²) in [5.41, 5.74) is -0.374. The standard InChI is InChI=1S/C20H13ClF3N3O3S2/c1-27(15-7-5-14(21)6-8-15)32(28,29)16-9-10-31-17(16)19-25-18(26-30-19)12-3-2-4-13(11-12)20(22,23)24/h2-11H,1H3. The van der Waals surface area contributed by atoms with Crippen molar-refractivity contribution in [3.63, 3.8) is 0 Å². The summed E-state index contributed by atoms with van der Waals surface area (Å²) in [6.07, 6.45) is -4.52. The van der Waals surface area contributed by atoms with Gasteiger partial charge in [-0.25, -0.2) is 8.42 Å². The highest BCUT2D eigenvalue weighted by Crippen LogP contribution is 2.36. The first-order valence-corrected chi connectivity index (χ1v) is 11.6. The van der Waals surface area contributed by atoms with E-state index in [1.165, 1.54) is 25.2 Å². The molecule has 0 amide bonds. The van der Waals surface area contributed by atoms with Crippen molar-refractivity contribution in [1.29, 1.82) is 0 Å². The summed E-state index contributed by atoms with van der Waals surface area (Å²) in [6, 6.07) is 12.1. The molecule has 4 aromatic rings. The Morgan fingerprint density at radius 2 is 1.81 bits per heavy atom. The Balaban J connectivity index is 1.69. The van der Waals surface area contributed by atoms with Gasteiger partial charge in [-0.1, -0.05) is 28.9 Å². The summed E-state index contributed by atoms with van der Waals surface area (Å²) in [4.78, 5) is 4.24.